The maximum Gasteiger partial charge on any atom is 0.335 e. The Morgan fingerprint density at radius 1 is 1.21 bits per heavy atom. The van der Waals surface area contributed by atoms with Gasteiger partial charge in [-0.05, 0) is 24.3 Å². The number of aromatic amines is 2. The van der Waals surface area contributed by atoms with E-state index in [1.165, 1.54) is 11.1 Å². The highest BCUT2D eigenvalue weighted by atomic mass is 35.5. The number of nitrogens with zero attached hydrogens (tertiary/aromatic N) is 3. The van der Waals surface area contributed by atoms with Crippen LogP contribution in [0.4, 0.5) is 0 Å². The first-order chi connectivity index (χ1) is 16.4. The van der Waals surface area contributed by atoms with E-state index in [9.17, 15) is 19.5 Å². The minimum Gasteiger partial charge on any atom is -0.493 e. The molecule has 0 fully saturated rings. The van der Waals surface area contributed by atoms with Crippen LogP contribution in [0.25, 0.3) is 16.6 Å². The molecule has 0 spiro atoms. The summed E-state index contributed by atoms with van der Waals surface area (Å²) < 4.78 is 0.954. The Kier molecular flexibility index (Phi) is 5.33. The Hall–Kier alpha value is -4.11. The molecule has 0 unspecified atom stereocenters. The molecular formula is C24H20ClN5O4. The molecule has 172 valence electrons. The van der Waals surface area contributed by atoms with Crippen molar-refractivity contribution in [3.8, 4) is 11.6 Å². The molecule has 3 heterocycles. The van der Waals surface area contributed by atoms with E-state index in [0.29, 0.717) is 5.02 Å². The van der Waals surface area contributed by atoms with Crippen molar-refractivity contribution < 1.29 is 9.90 Å². The first-order valence-corrected chi connectivity index (χ1v) is 11.1. The van der Waals surface area contributed by atoms with E-state index in [1.54, 1.807) is 25.1 Å². The van der Waals surface area contributed by atoms with E-state index >= 15 is 0 Å². The number of carbonyl (C=O) groups is 1. The smallest absolute Gasteiger partial charge is 0.335 e. The van der Waals surface area contributed by atoms with Gasteiger partial charge in [0.1, 0.15) is 5.56 Å². The van der Waals surface area contributed by atoms with Crippen LogP contribution in [0.3, 0.4) is 0 Å². The van der Waals surface area contributed by atoms with Gasteiger partial charge in [0.25, 0.3) is 5.56 Å². The number of H-pyrrole nitrogens is 2. The van der Waals surface area contributed by atoms with Gasteiger partial charge >= 0.3 is 5.69 Å². The second-order valence-corrected chi connectivity index (χ2v) is 8.36. The van der Waals surface area contributed by atoms with Gasteiger partial charge in [0.15, 0.2) is 0 Å². The normalized spacial score (nSPS) is 15.6. The second kappa shape index (κ2) is 8.35. The van der Waals surface area contributed by atoms with E-state index in [4.69, 9.17) is 11.6 Å². The highest BCUT2D eigenvalue weighted by Crippen LogP contribution is 2.37. The minimum atomic E-state index is -0.818. The first kappa shape index (κ1) is 21.7. The molecule has 2 aromatic heterocycles. The van der Waals surface area contributed by atoms with Crippen molar-refractivity contribution in [3.05, 3.63) is 91.7 Å². The summed E-state index contributed by atoms with van der Waals surface area (Å²) in [6, 6.07) is 13.5. The number of aromatic hydroxyl groups is 1. The average molecular weight is 478 g/mol. The summed E-state index contributed by atoms with van der Waals surface area (Å²) in [7, 11) is 0. The predicted octanol–water partition coefficient (Wildman–Crippen LogP) is 3.45. The minimum absolute atomic E-state index is 0.171. The molecule has 1 aliphatic rings. The van der Waals surface area contributed by atoms with Gasteiger partial charge in [-0.1, -0.05) is 42.8 Å². The third-order valence-corrected chi connectivity index (χ3v) is 6.12. The van der Waals surface area contributed by atoms with Gasteiger partial charge in [0.05, 0.1) is 17.4 Å². The maximum atomic E-state index is 12.8. The van der Waals surface area contributed by atoms with Gasteiger partial charge in [-0.3, -0.25) is 14.6 Å². The van der Waals surface area contributed by atoms with Crippen molar-refractivity contribution in [2.75, 3.05) is 0 Å². The summed E-state index contributed by atoms with van der Waals surface area (Å²) in [6.07, 6.45) is 2.21. The molecule has 1 atom stereocenters. The van der Waals surface area contributed by atoms with Gasteiger partial charge in [0, 0.05) is 40.5 Å². The highest BCUT2D eigenvalue weighted by molar-refractivity contribution is 6.30. The fourth-order valence-electron chi connectivity index (χ4n) is 4.31. The number of para-hydroxylation sites is 1. The molecule has 9 nitrogen and oxygen atoms in total. The molecule has 5 rings (SSSR count). The zero-order valence-corrected chi connectivity index (χ0v) is 18.8. The van der Waals surface area contributed by atoms with Crippen LogP contribution < -0.4 is 11.2 Å². The lowest BCUT2D eigenvalue weighted by atomic mass is 9.98. The molecule has 0 saturated carbocycles. The highest BCUT2D eigenvalue weighted by Gasteiger charge is 2.36. The number of hydrogen-bond acceptors (Lipinski definition) is 5. The lowest BCUT2D eigenvalue weighted by Crippen LogP contribution is -2.33. The van der Waals surface area contributed by atoms with Gasteiger partial charge in [-0.15, -0.1) is 0 Å². The van der Waals surface area contributed by atoms with Crippen molar-refractivity contribution in [1.82, 2.24) is 19.5 Å². The number of carbonyl (C=O) groups excluding carboxylic acids is 1. The van der Waals surface area contributed by atoms with E-state index in [1.807, 2.05) is 30.5 Å². The topological polar surface area (TPSA) is 124 Å². The first-order valence-electron chi connectivity index (χ1n) is 10.7. The Bertz CT molecular complexity index is 1580. The number of hydrogen-bond donors (Lipinski definition) is 3. The van der Waals surface area contributed by atoms with Crippen LogP contribution in [0, 0.1) is 0 Å². The summed E-state index contributed by atoms with van der Waals surface area (Å²) in [5.74, 6) is -0.803. The summed E-state index contributed by atoms with van der Waals surface area (Å²) in [5.41, 5.74) is 0.452. The van der Waals surface area contributed by atoms with Crippen LogP contribution in [-0.4, -0.2) is 36.3 Å². The van der Waals surface area contributed by atoms with Gasteiger partial charge in [0.2, 0.25) is 11.8 Å². The summed E-state index contributed by atoms with van der Waals surface area (Å²) in [6.45, 7) is 1.73. The van der Waals surface area contributed by atoms with Crippen molar-refractivity contribution >= 4 is 34.1 Å². The monoisotopic (exact) mass is 477 g/mol. The van der Waals surface area contributed by atoms with Gasteiger partial charge in [-0.2, -0.15) is 5.10 Å². The predicted molar refractivity (Wildman–Crippen MR) is 129 cm³/mol. The van der Waals surface area contributed by atoms with Crippen molar-refractivity contribution in [3.63, 3.8) is 0 Å². The third kappa shape index (κ3) is 3.50. The number of halogens is 1. The van der Waals surface area contributed by atoms with Crippen molar-refractivity contribution in [1.29, 1.82) is 0 Å². The number of benzene rings is 2. The zero-order valence-electron chi connectivity index (χ0n) is 18.1. The SMILES string of the molecule is CCC(=O)N1N=C(c2c(O)n(-c3cccc(Cl)c3)c(=O)[nH]c2=O)C[C@H]1c1c[nH]c2ccccc12. The van der Waals surface area contributed by atoms with Crippen LogP contribution in [0.2, 0.25) is 5.02 Å². The van der Waals surface area contributed by atoms with E-state index in [2.05, 4.69) is 15.1 Å². The molecule has 4 aromatic rings. The van der Waals surface area contributed by atoms with Gasteiger partial charge in [-0.25, -0.2) is 14.4 Å². The van der Waals surface area contributed by atoms with Crippen LogP contribution >= 0.6 is 11.6 Å². The molecule has 0 radical (unpaired) electrons. The van der Waals surface area contributed by atoms with E-state index in [0.717, 1.165) is 21.0 Å². The molecular weight excluding hydrogens is 458 g/mol. The lowest BCUT2D eigenvalue weighted by Gasteiger charge is -2.20. The molecule has 2 aromatic carbocycles. The summed E-state index contributed by atoms with van der Waals surface area (Å²) >= 11 is 6.05. The second-order valence-electron chi connectivity index (χ2n) is 7.92. The maximum absolute atomic E-state index is 12.8. The van der Waals surface area contributed by atoms with Gasteiger partial charge < -0.3 is 10.1 Å². The summed E-state index contributed by atoms with van der Waals surface area (Å²) in [5, 5.41) is 18.1. The molecule has 0 bridgehead atoms. The van der Waals surface area contributed by atoms with Crippen molar-refractivity contribution in [2.45, 2.75) is 25.8 Å². The quantitative estimate of drug-likeness (QED) is 0.416. The zero-order chi connectivity index (χ0) is 24.0. The molecule has 0 saturated heterocycles. The number of fused-ring (bicyclic) bond motifs is 1. The fourth-order valence-corrected chi connectivity index (χ4v) is 4.49. The Balaban J connectivity index is 1.65. The Labute approximate surface area is 197 Å². The largest absolute Gasteiger partial charge is 0.493 e. The molecule has 10 heteroatoms. The fraction of sp³-hybridized carbons (Fsp3) is 0.167. The van der Waals surface area contributed by atoms with Crippen molar-refractivity contribution in [2.24, 2.45) is 5.10 Å². The van der Waals surface area contributed by atoms with E-state index < -0.39 is 23.2 Å². The van der Waals surface area contributed by atoms with Crippen LogP contribution in [0.1, 0.15) is 36.9 Å². The molecule has 1 amide bonds. The Morgan fingerprint density at radius 3 is 2.76 bits per heavy atom. The molecule has 3 N–H and O–H groups in total. The number of rotatable bonds is 4. The molecule has 1 aliphatic heterocycles. The molecule has 34 heavy (non-hydrogen) atoms. The van der Waals surface area contributed by atoms with E-state index in [-0.39, 0.29) is 35.7 Å². The van der Waals surface area contributed by atoms with Crippen LogP contribution in [0.15, 0.2) is 69.4 Å². The number of amides is 1. The number of hydrazone groups is 1. The Morgan fingerprint density at radius 2 is 2.00 bits per heavy atom. The number of nitrogens with one attached hydrogen (secondary N) is 2. The standard InChI is InChI=1S/C24H20ClN5O4/c1-2-20(31)30-19(16-12-26-17-9-4-3-8-15(16)17)11-18(28-30)21-22(32)27-24(34)29(23(21)33)14-7-5-6-13(25)10-14/h3-10,12,19,26,33H,2,11H2,1H3,(H,27,32,34)/t19-/m0/s1. The average Bonchev–Trinajstić information content (AvgIpc) is 3.42. The third-order valence-electron chi connectivity index (χ3n) is 5.89. The van der Waals surface area contributed by atoms with Crippen LogP contribution in [0.5, 0.6) is 5.88 Å². The van der Waals surface area contributed by atoms with Crippen LogP contribution in [-0.2, 0) is 4.79 Å². The molecule has 0 aliphatic carbocycles. The lowest BCUT2D eigenvalue weighted by molar-refractivity contribution is -0.132. The number of aromatic nitrogens is 3. The summed E-state index contributed by atoms with van der Waals surface area (Å²) in [4.78, 5) is 43.6.